The van der Waals surface area contributed by atoms with Crippen molar-refractivity contribution in [2.75, 3.05) is 13.6 Å². The average Bonchev–Trinajstić information content (AvgIpc) is 3.36. The number of esters is 2. The molecular formula is C20H12O7. The van der Waals surface area contributed by atoms with Crippen LogP contribution in [0.1, 0.15) is 11.1 Å². The van der Waals surface area contributed by atoms with Crippen LogP contribution in [-0.4, -0.2) is 25.5 Å². The Kier molecular flexibility index (Phi) is 3.39. The lowest BCUT2D eigenvalue weighted by atomic mass is 10.0. The van der Waals surface area contributed by atoms with Crippen molar-refractivity contribution < 1.29 is 33.3 Å². The Morgan fingerprint density at radius 2 is 1.07 bits per heavy atom. The number of cyclic esters (lactones) is 2. The molecule has 3 heterocycles. The largest absolute Gasteiger partial charge is 0.454 e. The third kappa shape index (κ3) is 2.69. The minimum Gasteiger partial charge on any atom is -0.454 e. The molecule has 1 fully saturated rings. The lowest BCUT2D eigenvalue weighted by Crippen LogP contribution is -1.97. The first-order valence-corrected chi connectivity index (χ1v) is 8.17. The van der Waals surface area contributed by atoms with E-state index in [2.05, 4.69) is 0 Å². The summed E-state index contributed by atoms with van der Waals surface area (Å²) in [7, 11) is 0. The van der Waals surface area contributed by atoms with Crippen molar-refractivity contribution in [1.82, 2.24) is 0 Å². The number of fused-ring (bicyclic) bond motifs is 2. The second kappa shape index (κ2) is 5.91. The third-order valence-corrected chi connectivity index (χ3v) is 4.33. The lowest BCUT2D eigenvalue weighted by Gasteiger charge is -2.01. The Labute approximate surface area is 153 Å². The number of hydrogen-bond donors (Lipinski definition) is 0. The number of rotatable bonds is 2. The van der Waals surface area contributed by atoms with E-state index >= 15 is 0 Å². The molecule has 0 radical (unpaired) electrons. The Morgan fingerprint density at radius 1 is 0.630 bits per heavy atom. The highest BCUT2D eigenvalue weighted by molar-refractivity contribution is 6.22. The summed E-state index contributed by atoms with van der Waals surface area (Å²) >= 11 is 0. The van der Waals surface area contributed by atoms with Crippen molar-refractivity contribution in [3.8, 4) is 23.0 Å². The van der Waals surface area contributed by atoms with E-state index in [1.807, 2.05) is 0 Å². The predicted molar refractivity (Wildman–Crippen MR) is 92.2 cm³/mol. The van der Waals surface area contributed by atoms with Gasteiger partial charge in [-0.3, -0.25) is 0 Å². The molecule has 0 unspecified atom stereocenters. The molecule has 134 valence electrons. The molecule has 2 aromatic carbocycles. The second-order valence-corrected chi connectivity index (χ2v) is 6.02. The van der Waals surface area contributed by atoms with Crippen LogP contribution in [0.4, 0.5) is 0 Å². The van der Waals surface area contributed by atoms with Gasteiger partial charge in [0.15, 0.2) is 23.0 Å². The van der Waals surface area contributed by atoms with Crippen LogP contribution in [0, 0.1) is 0 Å². The fourth-order valence-electron chi connectivity index (χ4n) is 3.03. The van der Waals surface area contributed by atoms with Crippen LogP contribution in [0.5, 0.6) is 23.0 Å². The first kappa shape index (κ1) is 15.5. The van der Waals surface area contributed by atoms with E-state index in [-0.39, 0.29) is 24.7 Å². The number of hydrogen-bond acceptors (Lipinski definition) is 7. The van der Waals surface area contributed by atoms with Crippen LogP contribution < -0.4 is 18.9 Å². The molecule has 3 aliphatic heterocycles. The van der Waals surface area contributed by atoms with E-state index in [9.17, 15) is 9.59 Å². The van der Waals surface area contributed by atoms with E-state index < -0.39 is 11.9 Å². The summed E-state index contributed by atoms with van der Waals surface area (Å²) in [5, 5.41) is 0. The van der Waals surface area contributed by atoms with Crippen molar-refractivity contribution in [1.29, 1.82) is 0 Å². The molecule has 0 atom stereocenters. The van der Waals surface area contributed by atoms with Crippen LogP contribution in [-0.2, 0) is 14.3 Å². The van der Waals surface area contributed by atoms with Crippen LogP contribution in [0.15, 0.2) is 47.5 Å². The summed E-state index contributed by atoms with van der Waals surface area (Å²) in [6.45, 7) is 0.316. The minimum absolute atomic E-state index is 0.158. The van der Waals surface area contributed by atoms with Gasteiger partial charge in [0, 0.05) is 0 Å². The molecule has 5 rings (SSSR count). The molecule has 0 saturated carbocycles. The van der Waals surface area contributed by atoms with Crippen LogP contribution in [0.3, 0.4) is 0 Å². The van der Waals surface area contributed by atoms with Gasteiger partial charge in [-0.25, -0.2) is 9.59 Å². The second-order valence-electron chi connectivity index (χ2n) is 6.02. The smallest absolute Gasteiger partial charge is 0.346 e. The molecule has 7 heteroatoms. The quantitative estimate of drug-likeness (QED) is 0.460. The molecule has 7 nitrogen and oxygen atoms in total. The SMILES string of the molecule is O=C1OC(=O)C(=C/c2ccc3c(c2)OCO3)/C1=C\c1ccc2c(c1)OCO2. The first-order chi connectivity index (χ1) is 13.2. The topological polar surface area (TPSA) is 80.3 Å². The molecule has 0 N–H and O–H groups in total. The number of ether oxygens (including phenoxy) is 5. The van der Waals surface area contributed by atoms with E-state index in [1.165, 1.54) is 0 Å². The number of carbonyl (C=O) groups is 2. The van der Waals surface area contributed by atoms with Crippen molar-refractivity contribution in [2.24, 2.45) is 0 Å². The van der Waals surface area contributed by atoms with Gasteiger partial charge >= 0.3 is 11.9 Å². The van der Waals surface area contributed by atoms with E-state index in [1.54, 1.807) is 48.6 Å². The Balaban J connectivity index is 1.54. The van der Waals surface area contributed by atoms with Gasteiger partial charge in [0.2, 0.25) is 13.6 Å². The standard InChI is InChI=1S/C20H12O7/c21-19-13(5-11-1-3-15-17(7-11)25-9-23-15)14(20(22)27-19)6-12-2-4-16-18(8-12)26-10-24-16/h1-8H,9-10H2/b13-5+,14-6+. The minimum atomic E-state index is -0.690. The van der Waals surface area contributed by atoms with Gasteiger partial charge in [0.25, 0.3) is 0 Å². The first-order valence-electron chi connectivity index (χ1n) is 8.17. The van der Waals surface area contributed by atoms with Gasteiger partial charge in [0.1, 0.15) is 0 Å². The summed E-state index contributed by atoms with van der Waals surface area (Å²) in [5.41, 5.74) is 1.74. The number of carbonyl (C=O) groups excluding carboxylic acids is 2. The molecule has 0 aromatic heterocycles. The van der Waals surface area contributed by atoms with Gasteiger partial charge < -0.3 is 23.7 Å². The highest BCUT2D eigenvalue weighted by Gasteiger charge is 2.33. The maximum absolute atomic E-state index is 12.2. The zero-order valence-corrected chi connectivity index (χ0v) is 13.9. The zero-order chi connectivity index (χ0) is 18.4. The van der Waals surface area contributed by atoms with Gasteiger partial charge in [-0.05, 0) is 47.5 Å². The van der Waals surface area contributed by atoms with Crippen LogP contribution in [0.2, 0.25) is 0 Å². The van der Waals surface area contributed by atoms with Gasteiger partial charge in [-0.15, -0.1) is 0 Å². The number of benzene rings is 2. The fourth-order valence-corrected chi connectivity index (χ4v) is 3.03. The Bertz CT molecular complexity index is 965. The van der Waals surface area contributed by atoms with Crippen molar-refractivity contribution >= 4 is 24.1 Å². The lowest BCUT2D eigenvalue weighted by molar-refractivity contribution is -0.149. The average molecular weight is 364 g/mol. The summed E-state index contributed by atoms with van der Waals surface area (Å²) < 4.78 is 26.0. The van der Waals surface area contributed by atoms with Crippen molar-refractivity contribution in [3.05, 3.63) is 58.7 Å². The van der Waals surface area contributed by atoms with Gasteiger partial charge in [-0.2, -0.15) is 0 Å². The van der Waals surface area contributed by atoms with Crippen molar-refractivity contribution in [3.63, 3.8) is 0 Å². The predicted octanol–water partition coefficient (Wildman–Crippen LogP) is 2.69. The Hall–Kier alpha value is -3.74. The van der Waals surface area contributed by atoms with E-state index in [4.69, 9.17) is 23.7 Å². The van der Waals surface area contributed by atoms with Gasteiger partial charge in [-0.1, -0.05) is 12.1 Å². The fraction of sp³-hybridized carbons (Fsp3) is 0.100. The third-order valence-electron chi connectivity index (χ3n) is 4.33. The van der Waals surface area contributed by atoms with Crippen LogP contribution in [0.25, 0.3) is 12.2 Å². The monoisotopic (exact) mass is 364 g/mol. The molecule has 0 amide bonds. The zero-order valence-electron chi connectivity index (χ0n) is 13.9. The molecule has 0 spiro atoms. The van der Waals surface area contributed by atoms with Gasteiger partial charge in [0.05, 0.1) is 11.1 Å². The maximum Gasteiger partial charge on any atom is 0.346 e. The molecule has 1 saturated heterocycles. The summed E-state index contributed by atoms with van der Waals surface area (Å²) in [6, 6.07) is 10.5. The summed E-state index contributed by atoms with van der Waals surface area (Å²) in [4.78, 5) is 24.3. The normalized spacial score (nSPS) is 19.9. The molecular weight excluding hydrogens is 352 g/mol. The molecule has 27 heavy (non-hydrogen) atoms. The summed E-state index contributed by atoms with van der Waals surface area (Å²) in [5.74, 6) is 1.07. The molecule has 3 aliphatic rings. The summed E-state index contributed by atoms with van der Waals surface area (Å²) in [6.07, 6.45) is 3.18. The van der Waals surface area contributed by atoms with Crippen molar-refractivity contribution in [2.45, 2.75) is 0 Å². The molecule has 0 aliphatic carbocycles. The highest BCUT2D eigenvalue weighted by Crippen LogP contribution is 2.36. The Morgan fingerprint density at radius 3 is 1.56 bits per heavy atom. The van der Waals surface area contributed by atoms with E-state index in [0.29, 0.717) is 34.1 Å². The maximum atomic E-state index is 12.2. The molecule has 2 aromatic rings. The van der Waals surface area contributed by atoms with E-state index in [0.717, 1.165) is 0 Å². The molecule has 0 bridgehead atoms. The van der Waals surface area contributed by atoms with Crippen LogP contribution >= 0.6 is 0 Å². The highest BCUT2D eigenvalue weighted by atomic mass is 16.7.